The molecule has 0 aliphatic rings. The van der Waals surface area contributed by atoms with Crippen molar-refractivity contribution >= 4 is 11.8 Å². The summed E-state index contributed by atoms with van der Waals surface area (Å²) in [7, 11) is 0. The molecular formula is C14H25N3O3. The zero-order valence-corrected chi connectivity index (χ0v) is 12.6. The largest absolute Gasteiger partial charge is 0.461 e. The predicted octanol–water partition coefficient (Wildman–Crippen LogP) is 2.02. The zero-order valence-electron chi connectivity index (χ0n) is 12.6. The Balaban J connectivity index is 2.71. The van der Waals surface area contributed by atoms with Crippen LogP contribution in [0.15, 0.2) is 0 Å². The van der Waals surface area contributed by atoms with Gasteiger partial charge in [0.2, 0.25) is 0 Å². The molecule has 20 heavy (non-hydrogen) atoms. The maximum absolute atomic E-state index is 11.8. The van der Waals surface area contributed by atoms with Crippen LogP contribution in [0.1, 0.15) is 49.9 Å². The number of hydrogen-bond acceptors (Lipinski definition) is 5. The van der Waals surface area contributed by atoms with Crippen LogP contribution in [0.5, 0.6) is 0 Å². The highest BCUT2D eigenvalue weighted by atomic mass is 16.5. The van der Waals surface area contributed by atoms with Crippen molar-refractivity contribution in [2.45, 2.75) is 46.6 Å². The molecule has 0 bridgehead atoms. The van der Waals surface area contributed by atoms with E-state index in [2.05, 4.69) is 11.9 Å². The molecule has 6 heteroatoms. The second-order valence-corrected chi connectivity index (χ2v) is 4.45. The first-order valence-corrected chi connectivity index (χ1v) is 7.25. The van der Waals surface area contributed by atoms with Crippen molar-refractivity contribution in [3.8, 4) is 0 Å². The number of hydrogen-bond donors (Lipinski definition) is 1. The van der Waals surface area contributed by atoms with Gasteiger partial charge in [0, 0.05) is 26.2 Å². The van der Waals surface area contributed by atoms with Crippen molar-refractivity contribution in [2.75, 3.05) is 25.6 Å². The molecule has 0 unspecified atom stereocenters. The second kappa shape index (κ2) is 8.58. The molecule has 0 atom stereocenters. The van der Waals surface area contributed by atoms with Gasteiger partial charge < -0.3 is 19.8 Å². The number of nitrogens with two attached hydrogens (primary N) is 1. The number of imidazole rings is 1. The molecule has 0 radical (unpaired) electrons. The van der Waals surface area contributed by atoms with Gasteiger partial charge in [0.1, 0.15) is 11.6 Å². The van der Waals surface area contributed by atoms with Gasteiger partial charge in [0.15, 0.2) is 5.69 Å². The molecule has 1 aromatic rings. The van der Waals surface area contributed by atoms with E-state index in [-0.39, 0.29) is 5.69 Å². The van der Waals surface area contributed by atoms with Gasteiger partial charge in [-0.3, -0.25) is 0 Å². The standard InChI is InChI=1S/C14H25N3O3/c1-4-9-19-10-7-8-17-11(5-2)16-12(13(17)15)14(18)20-6-3/h4-10,15H2,1-3H3. The molecule has 0 aromatic carbocycles. The Hall–Kier alpha value is -1.56. The van der Waals surface area contributed by atoms with Gasteiger partial charge in [-0.15, -0.1) is 0 Å². The number of anilines is 1. The summed E-state index contributed by atoms with van der Waals surface area (Å²) in [5.41, 5.74) is 6.23. The van der Waals surface area contributed by atoms with E-state index in [1.807, 2.05) is 11.5 Å². The van der Waals surface area contributed by atoms with E-state index in [1.165, 1.54) is 0 Å². The lowest BCUT2D eigenvalue weighted by Gasteiger charge is -2.09. The molecule has 0 aliphatic carbocycles. The average molecular weight is 283 g/mol. The van der Waals surface area contributed by atoms with Gasteiger partial charge in [-0.05, 0) is 19.8 Å². The second-order valence-electron chi connectivity index (χ2n) is 4.45. The van der Waals surface area contributed by atoms with E-state index in [0.717, 1.165) is 31.7 Å². The Bertz CT molecular complexity index is 430. The number of ether oxygens (including phenoxy) is 2. The van der Waals surface area contributed by atoms with E-state index in [4.69, 9.17) is 15.2 Å². The number of esters is 1. The summed E-state index contributed by atoms with van der Waals surface area (Å²) >= 11 is 0. The topological polar surface area (TPSA) is 79.4 Å². The molecule has 0 spiro atoms. The van der Waals surface area contributed by atoms with Crippen LogP contribution >= 0.6 is 0 Å². The van der Waals surface area contributed by atoms with Crippen molar-refractivity contribution < 1.29 is 14.3 Å². The predicted molar refractivity (Wildman–Crippen MR) is 77.7 cm³/mol. The summed E-state index contributed by atoms with van der Waals surface area (Å²) in [5, 5.41) is 0. The lowest BCUT2D eigenvalue weighted by molar-refractivity contribution is 0.0521. The quantitative estimate of drug-likeness (QED) is 0.554. The summed E-state index contributed by atoms with van der Waals surface area (Å²) < 4.78 is 12.3. The van der Waals surface area contributed by atoms with E-state index >= 15 is 0 Å². The molecule has 1 aromatic heterocycles. The van der Waals surface area contributed by atoms with Crippen molar-refractivity contribution in [2.24, 2.45) is 0 Å². The maximum Gasteiger partial charge on any atom is 0.360 e. The van der Waals surface area contributed by atoms with Crippen molar-refractivity contribution in [1.82, 2.24) is 9.55 Å². The summed E-state index contributed by atoms with van der Waals surface area (Å²) in [6, 6.07) is 0. The normalized spacial score (nSPS) is 10.8. The molecule has 114 valence electrons. The molecule has 6 nitrogen and oxygen atoms in total. The molecule has 2 N–H and O–H groups in total. The van der Waals surface area contributed by atoms with Crippen LogP contribution in [-0.2, 0) is 22.4 Å². The van der Waals surface area contributed by atoms with Gasteiger partial charge >= 0.3 is 5.97 Å². The first-order valence-electron chi connectivity index (χ1n) is 7.25. The molecule has 1 rings (SSSR count). The Kier molecular flexibility index (Phi) is 7.08. The van der Waals surface area contributed by atoms with Crippen molar-refractivity contribution in [3.05, 3.63) is 11.5 Å². The number of carbonyl (C=O) groups is 1. The van der Waals surface area contributed by atoms with Gasteiger partial charge in [0.25, 0.3) is 0 Å². The molecule has 0 saturated carbocycles. The average Bonchev–Trinajstić information content (AvgIpc) is 2.76. The fraction of sp³-hybridized carbons (Fsp3) is 0.714. The van der Waals surface area contributed by atoms with Crippen LogP contribution in [0.3, 0.4) is 0 Å². The van der Waals surface area contributed by atoms with Crippen LogP contribution in [0.25, 0.3) is 0 Å². The Morgan fingerprint density at radius 1 is 1.30 bits per heavy atom. The Morgan fingerprint density at radius 2 is 2.05 bits per heavy atom. The van der Waals surface area contributed by atoms with Crippen LogP contribution in [0.2, 0.25) is 0 Å². The summed E-state index contributed by atoms with van der Waals surface area (Å²) in [5.74, 6) is 0.734. The zero-order chi connectivity index (χ0) is 15.0. The highest BCUT2D eigenvalue weighted by Gasteiger charge is 2.20. The van der Waals surface area contributed by atoms with Gasteiger partial charge in [0.05, 0.1) is 6.61 Å². The molecular weight excluding hydrogens is 258 g/mol. The Labute approximate surface area is 120 Å². The van der Waals surface area contributed by atoms with E-state index in [0.29, 0.717) is 25.6 Å². The monoisotopic (exact) mass is 283 g/mol. The molecule has 0 amide bonds. The van der Waals surface area contributed by atoms with Gasteiger partial charge in [-0.1, -0.05) is 13.8 Å². The van der Waals surface area contributed by atoms with E-state index in [9.17, 15) is 4.79 Å². The number of nitrogen functional groups attached to an aromatic ring is 1. The van der Waals surface area contributed by atoms with Crippen LogP contribution in [0.4, 0.5) is 5.82 Å². The third-order valence-electron chi connectivity index (χ3n) is 2.89. The summed E-state index contributed by atoms with van der Waals surface area (Å²) in [4.78, 5) is 16.0. The summed E-state index contributed by atoms with van der Waals surface area (Å²) in [6.07, 6.45) is 2.58. The van der Waals surface area contributed by atoms with Crippen molar-refractivity contribution in [1.29, 1.82) is 0 Å². The van der Waals surface area contributed by atoms with Crippen LogP contribution < -0.4 is 5.73 Å². The molecule has 0 fully saturated rings. The highest BCUT2D eigenvalue weighted by Crippen LogP contribution is 2.17. The van der Waals surface area contributed by atoms with Gasteiger partial charge in [-0.2, -0.15) is 0 Å². The Morgan fingerprint density at radius 3 is 2.65 bits per heavy atom. The number of rotatable bonds is 9. The third kappa shape index (κ3) is 4.23. The van der Waals surface area contributed by atoms with Crippen LogP contribution in [0, 0.1) is 0 Å². The van der Waals surface area contributed by atoms with E-state index < -0.39 is 5.97 Å². The molecule has 1 heterocycles. The first-order chi connectivity index (χ1) is 9.65. The fourth-order valence-electron chi connectivity index (χ4n) is 1.95. The van der Waals surface area contributed by atoms with Crippen LogP contribution in [-0.4, -0.2) is 35.3 Å². The van der Waals surface area contributed by atoms with Crippen molar-refractivity contribution in [3.63, 3.8) is 0 Å². The number of aryl methyl sites for hydroxylation is 1. The summed E-state index contributed by atoms with van der Waals surface area (Å²) in [6.45, 7) is 8.30. The molecule has 0 saturated heterocycles. The molecule has 0 aliphatic heterocycles. The smallest absolute Gasteiger partial charge is 0.360 e. The first kappa shape index (κ1) is 16.5. The lowest BCUT2D eigenvalue weighted by Crippen LogP contribution is -2.11. The maximum atomic E-state index is 11.8. The third-order valence-corrected chi connectivity index (χ3v) is 2.89. The minimum absolute atomic E-state index is 0.221. The fourth-order valence-corrected chi connectivity index (χ4v) is 1.95. The SMILES string of the molecule is CCCOCCCn1c(CC)nc(C(=O)OCC)c1N. The number of carbonyl (C=O) groups excluding carboxylic acids is 1. The lowest BCUT2D eigenvalue weighted by atomic mass is 10.4. The minimum atomic E-state index is -0.458. The number of nitrogens with zero attached hydrogens (tertiary/aromatic N) is 2. The van der Waals surface area contributed by atoms with E-state index in [1.54, 1.807) is 6.92 Å². The minimum Gasteiger partial charge on any atom is -0.461 e. The highest BCUT2D eigenvalue weighted by molar-refractivity contribution is 5.92. The number of aromatic nitrogens is 2. The van der Waals surface area contributed by atoms with Gasteiger partial charge in [-0.25, -0.2) is 9.78 Å².